The number of anilines is 1. The van der Waals surface area contributed by atoms with Gasteiger partial charge in [0.2, 0.25) is 5.78 Å². The van der Waals surface area contributed by atoms with Gasteiger partial charge < -0.3 is 5.11 Å². The molecule has 0 aliphatic carbocycles. The summed E-state index contributed by atoms with van der Waals surface area (Å²) in [4.78, 5) is 37.5. The Morgan fingerprint density at radius 1 is 1.04 bits per heavy atom. The largest absolute Gasteiger partial charge is 0.481 e. The number of aliphatic carboxylic acids is 1. The van der Waals surface area contributed by atoms with Gasteiger partial charge in [0.25, 0.3) is 5.91 Å². The third kappa shape index (κ3) is 2.90. The minimum atomic E-state index is -1.12. The van der Waals surface area contributed by atoms with E-state index in [2.05, 4.69) is 0 Å². The van der Waals surface area contributed by atoms with Crippen LogP contribution in [0.1, 0.15) is 18.0 Å². The molecule has 0 unspecified atom stereocenters. The van der Waals surface area contributed by atoms with E-state index in [0.29, 0.717) is 16.3 Å². The highest BCUT2D eigenvalue weighted by atomic mass is 35.5. The van der Waals surface area contributed by atoms with Crippen LogP contribution in [0.5, 0.6) is 0 Å². The molecule has 0 saturated carbocycles. The average Bonchev–Trinajstić information content (AvgIpc) is 2.81. The van der Waals surface area contributed by atoms with Gasteiger partial charge >= 0.3 is 5.97 Å². The molecule has 1 amide bonds. The molecule has 2 atom stereocenters. The summed E-state index contributed by atoms with van der Waals surface area (Å²) in [6, 6.07) is 14.8. The smallest absolute Gasteiger partial charge is 0.304 e. The van der Waals surface area contributed by atoms with Gasteiger partial charge in [-0.2, -0.15) is 0 Å². The number of para-hydroxylation sites is 1. The minimum absolute atomic E-state index is 0.402. The molecule has 24 heavy (non-hydrogen) atoms. The van der Waals surface area contributed by atoms with Gasteiger partial charge in [0.1, 0.15) is 0 Å². The number of carboxylic acid groups (broad SMARTS) is 1. The zero-order valence-corrected chi connectivity index (χ0v) is 13.3. The van der Waals surface area contributed by atoms with E-state index in [-0.39, 0.29) is 0 Å². The van der Waals surface area contributed by atoms with E-state index >= 15 is 0 Å². The molecule has 1 aliphatic rings. The molecule has 6 heteroatoms. The Balaban J connectivity index is 2.11. The maximum atomic E-state index is 12.5. The summed E-state index contributed by atoms with van der Waals surface area (Å²) < 4.78 is 0. The van der Waals surface area contributed by atoms with E-state index in [4.69, 9.17) is 16.7 Å². The molecule has 0 radical (unpaired) electrons. The number of carbonyl (C=O) groups excluding carboxylic acids is 2. The number of halogens is 1. The number of nitrogens with zero attached hydrogens (tertiary/aromatic N) is 1. The standard InChI is InChI=1S/C18H14ClNO4/c19-12-8-6-11(7-9-12)16-14(10-15(21)22)17(23)18(24)20(16)13-4-2-1-3-5-13/h1-9,14,16H,10H2,(H,21,22)/t14-,16-/m0/s1. The van der Waals surface area contributed by atoms with Crippen molar-refractivity contribution < 1.29 is 19.5 Å². The van der Waals surface area contributed by atoms with Crippen molar-refractivity contribution in [1.29, 1.82) is 0 Å². The summed E-state index contributed by atoms with van der Waals surface area (Å²) >= 11 is 5.91. The summed E-state index contributed by atoms with van der Waals surface area (Å²) in [6.07, 6.45) is -0.402. The van der Waals surface area contributed by atoms with E-state index in [1.807, 2.05) is 0 Å². The van der Waals surface area contributed by atoms with Gasteiger partial charge in [0.15, 0.2) is 0 Å². The molecule has 2 aromatic rings. The number of amides is 1. The van der Waals surface area contributed by atoms with Crippen molar-refractivity contribution >= 4 is 34.9 Å². The van der Waals surface area contributed by atoms with E-state index in [0.717, 1.165) is 0 Å². The maximum Gasteiger partial charge on any atom is 0.304 e. The summed E-state index contributed by atoms with van der Waals surface area (Å²) in [6.45, 7) is 0. The molecule has 122 valence electrons. The summed E-state index contributed by atoms with van der Waals surface area (Å²) in [5, 5.41) is 9.66. The van der Waals surface area contributed by atoms with Crippen molar-refractivity contribution in [3.8, 4) is 0 Å². The number of ketones is 1. The first kappa shape index (κ1) is 16.2. The van der Waals surface area contributed by atoms with E-state index in [1.54, 1.807) is 54.6 Å². The van der Waals surface area contributed by atoms with Crippen molar-refractivity contribution in [3.63, 3.8) is 0 Å². The van der Waals surface area contributed by atoms with Crippen molar-refractivity contribution in [1.82, 2.24) is 0 Å². The number of Topliss-reactive ketones (excluding diaryl/α,β-unsaturated/α-hetero) is 1. The monoisotopic (exact) mass is 343 g/mol. The van der Waals surface area contributed by atoms with Gasteiger partial charge in [-0.05, 0) is 29.8 Å². The summed E-state index contributed by atoms with van der Waals surface area (Å²) in [5.74, 6) is -3.42. The van der Waals surface area contributed by atoms with Crippen LogP contribution >= 0.6 is 11.6 Å². The van der Waals surface area contributed by atoms with Crippen LogP contribution in [-0.2, 0) is 14.4 Å². The number of carbonyl (C=O) groups is 3. The Bertz CT molecular complexity index is 788. The molecular weight excluding hydrogens is 330 g/mol. The van der Waals surface area contributed by atoms with Gasteiger partial charge in [0.05, 0.1) is 18.4 Å². The Kier molecular flexibility index (Phi) is 4.36. The van der Waals surface area contributed by atoms with Crippen LogP contribution in [0.4, 0.5) is 5.69 Å². The molecular formula is C18H14ClNO4. The molecule has 5 nitrogen and oxygen atoms in total. The highest BCUT2D eigenvalue weighted by molar-refractivity contribution is 6.45. The zero-order valence-electron chi connectivity index (χ0n) is 12.6. The van der Waals surface area contributed by atoms with Crippen LogP contribution in [-0.4, -0.2) is 22.8 Å². The second-order valence-electron chi connectivity index (χ2n) is 5.58. The van der Waals surface area contributed by atoms with E-state index in [9.17, 15) is 14.4 Å². The Hall–Kier alpha value is -2.66. The first-order chi connectivity index (χ1) is 11.5. The first-order valence-corrected chi connectivity index (χ1v) is 7.76. The van der Waals surface area contributed by atoms with Gasteiger partial charge in [0, 0.05) is 10.7 Å². The molecule has 0 aromatic heterocycles. The van der Waals surface area contributed by atoms with Crippen LogP contribution in [0.15, 0.2) is 54.6 Å². The van der Waals surface area contributed by atoms with Crippen molar-refractivity contribution in [2.45, 2.75) is 12.5 Å². The molecule has 1 saturated heterocycles. The Morgan fingerprint density at radius 2 is 1.67 bits per heavy atom. The lowest BCUT2D eigenvalue weighted by Gasteiger charge is -2.27. The topological polar surface area (TPSA) is 74.7 Å². The highest BCUT2D eigenvalue weighted by Gasteiger charge is 2.49. The number of benzene rings is 2. The molecule has 2 aromatic carbocycles. The minimum Gasteiger partial charge on any atom is -0.481 e. The molecule has 1 N–H and O–H groups in total. The number of rotatable bonds is 4. The fourth-order valence-electron chi connectivity index (χ4n) is 3.03. The molecule has 1 fully saturated rings. The third-order valence-corrected chi connectivity index (χ3v) is 4.32. The first-order valence-electron chi connectivity index (χ1n) is 7.38. The lowest BCUT2D eigenvalue weighted by Crippen LogP contribution is -2.29. The van der Waals surface area contributed by atoms with Gasteiger partial charge in [-0.15, -0.1) is 0 Å². The highest BCUT2D eigenvalue weighted by Crippen LogP contribution is 2.41. The lowest BCUT2D eigenvalue weighted by molar-refractivity contribution is -0.141. The van der Waals surface area contributed by atoms with Crippen LogP contribution < -0.4 is 4.90 Å². The average molecular weight is 344 g/mol. The van der Waals surface area contributed by atoms with Crippen LogP contribution in [0.2, 0.25) is 5.02 Å². The Morgan fingerprint density at radius 3 is 2.25 bits per heavy atom. The quantitative estimate of drug-likeness (QED) is 0.866. The predicted octanol–water partition coefficient (Wildman–Crippen LogP) is 3.09. The van der Waals surface area contributed by atoms with Crippen molar-refractivity contribution in [2.24, 2.45) is 5.92 Å². The fraction of sp³-hybridized carbons (Fsp3) is 0.167. The molecule has 0 bridgehead atoms. The summed E-state index contributed by atoms with van der Waals surface area (Å²) in [7, 11) is 0. The lowest BCUT2D eigenvalue weighted by atomic mass is 9.90. The fourth-order valence-corrected chi connectivity index (χ4v) is 3.15. The molecule has 3 rings (SSSR count). The van der Waals surface area contributed by atoms with Gasteiger partial charge in [-0.1, -0.05) is 41.9 Å². The molecule has 0 spiro atoms. The van der Waals surface area contributed by atoms with Crippen molar-refractivity contribution in [3.05, 3.63) is 65.2 Å². The predicted molar refractivity (Wildman–Crippen MR) is 88.9 cm³/mol. The van der Waals surface area contributed by atoms with E-state index < -0.39 is 36.0 Å². The zero-order chi connectivity index (χ0) is 17.3. The maximum absolute atomic E-state index is 12.5. The van der Waals surface area contributed by atoms with Gasteiger partial charge in [-0.3, -0.25) is 19.3 Å². The number of hydrogen-bond acceptors (Lipinski definition) is 3. The normalized spacial score (nSPS) is 20.5. The van der Waals surface area contributed by atoms with Crippen LogP contribution in [0, 0.1) is 5.92 Å². The summed E-state index contributed by atoms with van der Waals surface area (Å²) in [5.41, 5.74) is 1.23. The van der Waals surface area contributed by atoms with Crippen LogP contribution in [0.3, 0.4) is 0 Å². The third-order valence-electron chi connectivity index (χ3n) is 4.07. The molecule has 1 aliphatic heterocycles. The van der Waals surface area contributed by atoms with E-state index in [1.165, 1.54) is 4.90 Å². The molecule has 1 heterocycles. The van der Waals surface area contributed by atoms with Gasteiger partial charge in [-0.25, -0.2) is 0 Å². The second-order valence-corrected chi connectivity index (χ2v) is 6.01. The van der Waals surface area contributed by atoms with Crippen LogP contribution in [0.25, 0.3) is 0 Å². The Labute approximate surface area is 143 Å². The number of carboxylic acids is 1. The number of hydrogen-bond donors (Lipinski definition) is 1. The van der Waals surface area contributed by atoms with Crippen molar-refractivity contribution in [2.75, 3.05) is 4.90 Å². The second kappa shape index (κ2) is 6.45. The SMILES string of the molecule is O=C(O)C[C@@H]1C(=O)C(=O)N(c2ccccc2)[C@H]1c1ccc(Cl)cc1.